The molecule has 1 aliphatic rings. The molecule has 0 radical (unpaired) electrons. The molecule has 2 N–H and O–H groups in total. The van der Waals surface area contributed by atoms with Crippen LogP contribution in [0.15, 0.2) is 35.1 Å². The Kier molecular flexibility index (Phi) is 9.14. The molecular formula is C29H46BrN5O4Si2. The normalized spacial score (nSPS) is 20.6. The molecule has 9 nitrogen and oxygen atoms in total. The minimum atomic E-state index is -2.09. The lowest BCUT2D eigenvalue weighted by molar-refractivity contribution is -0.0391. The van der Waals surface area contributed by atoms with Gasteiger partial charge in [0.2, 0.25) is 11.8 Å². The second kappa shape index (κ2) is 11.7. The van der Waals surface area contributed by atoms with Gasteiger partial charge in [0, 0.05) is 6.42 Å². The molecule has 2 aromatic heterocycles. The van der Waals surface area contributed by atoms with Crippen molar-refractivity contribution in [3.05, 3.63) is 40.6 Å². The Morgan fingerprint density at radius 2 is 1.61 bits per heavy atom. The molecule has 41 heavy (non-hydrogen) atoms. The average Bonchev–Trinajstić information content (AvgIpc) is 3.39. The first-order chi connectivity index (χ1) is 18.9. The van der Waals surface area contributed by atoms with Crippen molar-refractivity contribution in [1.29, 1.82) is 0 Å². The van der Waals surface area contributed by atoms with Gasteiger partial charge in [-0.1, -0.05) is 71.9 Å². The highest BCUT2D eigenvalue weighted by molar-refractivity contribution is 9.10. The Hall–Kier alpha value is -1.84. The summed E-state index contributed by atoms with van der Waals surface area (Å²) in [4.78, 5) is 13.6. The van der Waals surface area contributed by atoms with Crippen LogP contribution in [0.1, 0.15) is 59.8 Å². The molecule has 3 aromatic rings. The number of hydrogen-bond donors (Lipinski definition) is 1. The first-order valence-electron chi connectivity index (χ1n) is 14.2. The van der Waals surface area contributed by atoms with E-state index in [1.165, 1.54) is 0 Å². The number of fused-ring (bicyclic) bond motifs is 1. The number of ether oxygens (including phenoxy) is 2. The predicted octanol–water partition coefficient (Wildman–Crippen LogP) is 7.45. The summed E-state index contributed by atoms with van der Waals surface area (Å²) in [5.74, 6) is 0.444. The third-order valence-electron chi connectivity index (χ3n) is 8.84. The number of nitrogens with two attached hydrogens (primary N) is 1. The standard InChI is InChI=1S/C29H46BrN5O4Si2/c1-28(2,3)40(7,8)37-18-21-20(39-41(9,10)29(4,5)6)16-22(38-21)35-24-23(32-26(35)30)25(34-27(31)33-24)36-17-19-14-12-11-13-15-19/h11-15,20-22H,16-18H2,1-10H3,(H2,31,33,34)/t20-,21+,22+/m0/s1. The lowest BCUT2D eigenvalue weighted by atomic mass is 10.2. The molecule has 0 bridgehead atoms. The number of aromatic nitrogens is 4. The van der Waals surface area contributed by atoms with Crippen molar-refractivity contribution in [3.8, 4) is 5.88 Å². The van der Waals surface area contributed by atoms with Crippen molar-refractivity contribution in [2.24, 2.45) is 0 Å². The van der Waals surface area contributed by atoms with Gasteiger partial charge < -0.3 is 24.1 Å². The van der Waals surface area contributed by atoms with Gasteiger partial charge in [-0.3, -0.25) is 4.57 Å². The fourth-order valence-electron chi connectivity index (χ4n) is 4.21. The maximum atomic E-state index is 6.96. The van der Waals surface area contributed by atoms with E-state index in [9.17, 15) is 0 Å². The second-order valence-electron chi connectivity index (χ2n) is 13.9. The molecule has 1 aliphatic heterocycles. The Morgan fingerprint density at radius 1 is 0.976 bits per heavy atom. The summed E-state index contributed by atoms with van der Waals surface area (Å²) in [7, 11) is -4.09. The summed E-state index contributed by atoms with van der Waals surface area (Å²) < 4.78 is 28.9. The zero-order valence-corrected chi connectivity index (χ0v) is 29.7. The van der Waals surface area contributed by atoms with E-state index >= 15 is 0 Å². The lowest BCUT2D eigenvalue weighted by Gasteiger charge is -2.40. The van der Waals surface area contributed by atoms with Gasteiger partial charge >= 0.3 is 0 Å². The number of rotatable bonds is 9. The van der Waals surface area contributed by atoms with Gasteiger partial charge in [0.05, 0.1) is 12.7 Å². The van der Waals surface area contributed by atoms with Crippen molar-refractivity contribution < 1.29 is 18.3 Å². The summed E-state index contributed by atoms with van der Waals surface area (Å²) in [5, 5.41) is 0.153. The molecule has 1 fully saturated rings. The smallest absolute Gasteiger partial charge is 0.247 e. The summed E-state index contributed by atoms with van der Waals surface area (Å²) in [6.07, 6.45) is -0.122. The number of benzene rings is 1. The van der Waals surface area contributed by atoms with Crippen LogP contribution >= 0.6 is 15.9 Å². The van der Waals surface area contributed by atoms with Gasteiger partial charge in [-0.05, 0) is 57.8 Å². The lowest BCUT2D eigenvalue weighted by Crippen LogP contribution is -2.48. The maximum absolute atomic E-state index is 6.96. The van der Waals surface area contributed by atoms with E-state index in [0.29, 0.717) is 41.4 Å². The summed E-state index contributed by atoms with van der Waals surface area (Å²) in [5.41, 5.74) is 8.25. The van der Waals surface area contributed by atoms with Gasteiger partial charge in [-0.15, -0.1) is 0 Å². The molecule has 226 valence electrons. The fraction of sp³-hybridized carbons (Fsp3) is 0.621. The molecule has 3 atom stereocenters. The van der Waals surface area contributed by atoms with E-state index < -0.39 is 16.6 Å². The molecule has 1 saturated heterocycles. The summed E-state index contributed by atoms with van der Waals surface area (Å²) in [6, 6.07) is 9.91. The van der Waals surface area contributed by atoms with Crippen molar-refractivity contribution in [2.45, 2.75) is 109 Å². The minimum Gasteiger partial charge on any atom is -0.471 e. The largest absolute Gasteiger partial charge is 0.471 e. The Labute approximate surface area is 254 Å². The summed E-state index contributed by atoms with van der Waals surface area (Å²) in [6.45, 7) is 23.4. The molecule has 12 heteroatoms. The van der Waals surface area contributed by atoms with E-state index in [0.717, 1.165) is 5.56 Å². The third-order valence-corrected chi connectivity index (χ3v) is 18.4. The molecule has 0 aliphatic carbocycles. The van der Waals surface area contributed by atoms with Crippen LogP contribution in [0, 0.1) is 0 Å². The van der Waals surface area contributed by atoms with E-state index in [4.69, 9.17) is 29.0 Å². The summed E-state index contributed by atoms with van der Waals surface area (Å²) >= 11 is 3.66. The van der Waals surface area contributed by atoms with Gasteiger partial charge in [-0.2, -0.15) is 9.97 Å². The van der Waals surface area contributed by atoms with Crippen LogP contribution in [0.5, 0.6) is 5.88 Å². The molecule has 4 rings (SSSR count). The molecule has 0 saturated carbocycles. The predicted molar refractivity (Wildman–Crippen MR) is 172 cm³/mol. The van der Waals surface area contributed by atoms with Crippen LogP contribution in [0.2, 0.25) is 36.3 Å². The monoisotopic (exact) mass is 663 g/mol. The van der Waals surface area contributed by atoms with Crippen molar-refractivity contribution in [1.82, 2.24) is 19.5 Å². The van der Waals surface area contributed by atoms with Crippen LogP contribution in [-0.4, -0.2) is 55.0 Å². The quantitative estimate of drug-likeness (QED) is 0.186. The first kappa shape index (κ1) is 32.1. The Balaban J connectivity index is 1.65. The van der Waals surface area contributed by atoms with Gasteiger partial charge in [-0.25, -0.2) is 4.98 Å². The minimum absolute atomic E-state index is 0.0604. The average molecular weight is 665 g/mol. The van der Waals surface area contributed by atoms with Crippen molar-refractivity contribution in [3.63, 3.8) is 0 Å². The number of nitrogens with zero attached hydrogens (tertiary/aromatic N) is 4. The Morgan fingerprint density at radius 3 is 2.22 bits per heavy atom. The first-order valence-corrected chi connectivity index (χ1v) is 20.9. The molecule has 0 amide bonds. The van der Waals surface area contributed by atoms with E-state index in [1.54, 1.807) is 0 Å². The van der Waals surface area contributed by atoms with Gasteiger partial charge in [0.25, 0.3) is 0 Å². The molecule has 0 unspecified atom stereocenters. The number of halogens is 1. The van der Waals surface area contributed by atoms with Crippen LogP contribution in [-0.2, 0) is 20.2 Å². The molecular weight excluding hydrogens is 618 g/mol. The van der Waals surface area contributed by atoms with Crippen LogP contribution < -0.4 is 10.5 Å². The highest BCUT2D eigenvalue weighted by Gasteiger charge is 2.47. The van der Waals surface area contributed by atoms with E-state index in [2.05, 4.69) is 93.6 Å². The van der Waals surface area contributed by atoms with Crippen LogP contribution in [0.3, 0.4) is 0 Å². The second-order valence-corrected chi connectivity index (χ2v) is 24.2. The topological polar surface area (TPSA) is 107 Å². The van der Waals surface area contributed by atoms with Crippen LogP contribution in [0.25, 0.3) is 11.2 Å². The zero-order chi connectivity index (χ0) is 30.4. The maximum Gasteiger partial charge on any atom is 0.247 e. The number of nitrogen functional groups attached to an aromatic ring is 1. The molecule has 3 heterocycles. The number of hydrogen-bond acceptors (Lipinski definition) is 8. The van der Waals surface area contributed by atoms with Crippen LogP contribution in [0.4, 0.5) is 5.95 Å². The van der Waals surface area contributed by atoms with E-state index in [1.807, 2.05) is 34.9 Å². The van der Waals surface area contributed by atoms with Crippen molar-refractivity contribution in [2.75, 3.05) is 12.3 Å². The van der Waals surface area contributed by atoms with E-state index in [-0.39, 0.29) is 34.5 Å². The third kappa shape index (κ3) is 7.05. The van der Waals surface area contributed by atoms with Gasteiger partial charge in [0.1, 0.15) is 18.9 Å². The zero-order valence-electron chi connectivity index (χ0n) is 26.1. The highest BCUT2D eigenvalue weighted by atomic mass is 79.9. The SMILES string of the molecule is CC(C)(C)[Si](C)(C)OC[C@H]1O[C@@H](n2c(Br)nc3c(OCc4ccccc4)nc(N)nc32)C[C@@H]1O[Si](C)(C)C(C)(C)C. The number of imidazole rings is 1. The molecule has 0 spiro atoms. The Bertz CT molecular complexity index is 1360. The van der Waals surface area contributed by atoms with Crippen molar-refractivity contribution >= 4 is 49.7 Å². The fourth-order valence-corrected chi connectivity index (χ4v) is 7.16. The van der Waals surface area contributed by atoms with Gasteiger partial charge in [0.15, 0.2) is 32.5 Å². The highest BCUT2D eigenvalue weighted by Crippen LogP contribution is 2.44. The number of anilines is 1. The molecule has 1 aromatic carbocycles.